The van der Waals surface area contributed by atoms with Gasteiger partial charge in [-0.25, -0.2) is 9.78 Å². The fraction of sp³-hybridized carbons (Fsp3) is 0.650. The summed E-state index contributed by atoms with van der Waals surface area (Å²) in [6, 6.07) is -0.0281. The lowest BCUT2D eigenvalue weighted by molar-refractivity contribution is 0.0196. The highest BCUT2D eigenvalue weighted by Crippen LogP contribution is 2.45. The Balaban J connectivity index is 0.00000160. The topological polar surface area (TPSA) is 75.9 Å². The van der Waals surface area contributed by atoms with Crippen LogP contribution in [-0.4, -0.2) is 51.0 Å². The van der Waals surface area contributed by atoms with Crippen molar-refractivity contribution in [2.45, 2.75) is 52.2 Å². The Hall–Kier alpha value is -1.39. The van der Waals surface area contributed by atoms with Crippen molar-refractivity contribution in [1.29, 1.82) is 0 Å². The summed E-state index contributed by atoms with van der Waals surface area (Å²) in [6.45, 7) is 9.06. The molecule has 4 atom stereocenters. The number of rotatable bonds is 3. The van der Waals surface area contributed by atoms with Crippen LogP contribution in [0.1, 0.15) is 51.0 Å². The van der Waals surface area contributed by atoms with E-state index in [1.54, 1.807) is 10.6 Å². The maximum atomic E-state index is 12.8. The van der Waals surface area contributed by atoms with Crippen molar-refractivity contribution in [2.24, 2.45) is 17.8 Å². The standard InChI is InChI=1S/C20H28N4O3S.2H2S/c1-12-7-13-11-24(19(26)27-20(2,3)4)15(14(13)8-12)9-21-17(25)16-10-22-18-23(16)5-6-28-18;;/h5-6,10,12-15H,7-9,11H2,1-4H3,(H,21,25);2*1H2/t12?,13-,14-,15+;;/m0../s1. The Kier molecular flexibility index (Phi) is 7.79. The number of nitrogens with zero attached hydrogens (tertiary/aromatic N) is 3. The number of carbonyl (C=O) groups is 2. The number of thiazole rings is 1. The molecular formula is C20H32N4O3S3. The Bertz CT molecular complexity index is 891. The van der Waals surface area contributed by atoms with Gasteiger partial charge in [0, 0.05) is 24.7 Å². The molecule has 4 rings (SSSR count). The van der Waals surface area contributed by atoms with Crippen molar-refractivity contribution in [3.8, 4) is 0 Å². The van der Waals surface area contributed by atoms with E-state index in [1.807, 2.05) is 37.2 Å². The van der Waals surface area contributed by atoms with Crippen molar-refractivity contribution >= 4 is 55.3 Å². The van der Waals surface area contributed by atoms with Gasteiger partial charge in [-0.05, 0) is 51.4 Å². The Labute approximate surface area is 195 Å². The number of hydrogen-bond donors (Lipinski definition) is 1. The zero-order chi connectivity index (χ0) is 20.1. The van der Waals surface area contributed by atoms with Crippen LogP contribution < -0.4 is 5.32 Å². The largest absolute Gasteiger partial charge is 0.444 e. The second-order valence-corrected chi connectivity index (χ2v) is 9.98. The van der Waals surface area contributed by atoms with Crippen LogP contribution in [0.5, 0.6) is 0 Å². The van der Waals surface area contributed by atoms with Crippen molar-refractivity contribution in [2.75, 3.05) is 13.1 Å². The van der Waals surface area contributed by atoms with Crippen LogP contribution in [0.3, 0.4) is 0 Å². The van der Waals surface area contributed by atoms with E-state index in [-0.39, 0.29) is 45.0 Å². The van der Waals surface area contributed by atoms with E-state index >= 15 is 0 Å². The summed E-state index contributed by atoms with van der Waals surface area (Å²) >= 11 is 1.49. The van der Waals surface area contributed by atoms with E-state index in [9.17, 15) is 9.59 Å². The smallest absolute Gasteiger partial charge is 0.410 e. The van der Waals surface area contributed by atoms with Gasteiger partial charge in [-0.1, -0.05) is 6.92 Å². The highest BCUT2D eigenvalue weighted by Gasteiger charge is 2.49. The first kappa shape index (κ1) is 24.9. The van der Waals surface area contributed by atoms with E-state index < -0.39 is 5.60 Å². The molecule has 3 heterocycles. The van der Waals surface area contributed by atoms with Gasteiger partial charge in [0.1, 0.15) is 11.3 Å². The molecule has 2 amide bonds. The van der Waals surface area contributed by atoms with Gasteiger partial charge in [0.15, 0.2) is 4.96 Å². The molecule has 1 unspecified atom stereocenters. The van der Waals surface area contributed by atoms with Gasteiger partial charge in [0.05, 0.1) is 12.2 Å². The Morgan fingerprint density at radius 1 is 1.30 bits per heavy atom. The van der Waals surface area contributed by atoms with Crippen LogP contribution in [0.2, 0.25) is 0 Å². The van der Waals surface area contributed by atoms with Crippen LogP contribution in [0.4, 0.5) is 4.79 Å². The van der Waals surface area contributed by atoms with E-state index in [2.05, 4.69) is 17.2 Å². The summed E-state index contributed by atoms with van der Waals surface area (Å²) < 4.78 is 7.42. The normalized spacial score (nSPS) is 25.4. The lowest BCUT2D eigenvalue weighted by atomic mass is 9.94. The lowest BCUT2D eigenvalue weighted by Gasteiger charge is -2.31. The molecule has 1 N–H and O–H groups in total. The number of carbonyl (C=O) groups excluding carboxylic acids is 2. The van der Waals surface area contributed by atoms with E-state index in [4.69, 9.17) is 4.74 Å². The molecule has 2 fully saturated rings. The summed E-state index contributed by atoms with van der Waals surface area (Å²) in [5.41, 5.74) is -0.00714. The van der Waals surface area contributed by atoms with Crippen molar-refractivity contribution in [3.05, 3.63) is 23.5 Å². The molecule has 7 nitrogen and oxygen atoms in total. The highest BCUT2D eigenvalue weighted by atomic mass is 32.1. The Morgan fingerprint density at radius 3 is 2.73 bits per heavy atom. The third-order valence-electron chi connectivity index (χ3n) is 5.79. The zero-order valence-corrected chi connectivity index (χ0v) is 20.7. The molecule has 1 saturated carbocycles. The SMILES string of the molecule is CC1C[C@H]2CN(C(=O)OC(C)(C)C)[C@H](CNC(=O)c3cnc4sccn34)[C@H]2C1.S.S. The average Bonchev–Trinajstić information content (AvgIpc) is 3.30. The molecule has 168 valence electrons. The van der Waals surface area contributed by atoms with Crippen molar-refractivity contribution < 1.29 is 14.3 Å². The molecule has 0 spiro atoms. The van der Waals surface area contributed by atoms with Crippen LogP contribution >= 0.6 is 38.3 Å². The van der Waals surface area contributed by atoms with E-state index in [0.29, 0.717) is 36.5 Å². The average molecular weight is 473 g/mol. The molecule has 30 heavy (non-hydrogen) atoms. The fourth-order valence-electron chi connectivity index (χ4n) is 4.72. The first-order chi connectivity index (χ1) is 13.2. The third-order valence-corrected chi connectivity index (χ3v) is 6.56. The highest BCUT2D eigenvalue weighted by molar-refractivity contribution is 7.59. The van der Waals surface area contributed by atoms with Crippen LogP contribution in [0.15, 0.2) is 17.8 Å². The second kappa shape index (κ2) is 9.40. The molecule has 1 aliphatic carbocycles. The van der Waals surface area contributed by atoms with Gasteiger partial charge in [-0.3, -0.25) is 9.20 Å². The summed E-state index contributed by atoms with van der Waals surface area (Å²) in [5.74, 6) is 1.40. The summed E-state index contributed by atoms with van der Waals surface area (Å²) in [7, 11) is 0. The minimum absolute atomic E-state index is 0. The van der Waals surface area contributed by atoms with Crippen molar-refractivity contribution in [1.82, 2.24) is 19.6 Å². The number of aromatic nitrogens is 2. The van der Waals surface area contributed by atoms with Gasteiger partial charge < -0.3 is 15.0 Å². The molecule has 2 aromatic heterocycles. The maximum Gasteiger partial charge on any atom is 0.410 e. The molecule has 1 aliphatic heterocycles. The van der Waals surface area contributed by atoms with Gasteiger partial charge in [0.2, 0.25) is 0 Å². The fourth-order valence-corrected chi connectivity index (χ4v) is 5.41. The second-order valence-electron chi connectivity index (χ2n) is 9.11. The molecule has 1 saturated heterocycles. The molecule has 2 aliphatic rings. The minimum atomic E-state index is -0.530. The molecular weight excluding hydrogens is 440 g/mol. The number of fused-ring (bicyclic) bond motifs is 2. The van der Waals surface area contributed by atoms with E-state index in [1.165, 1.54) is 11.3 Å². The molecule has 2 aromatic rings. The third kappa shape index (κ3) is 4.91. The quantitative estimate of drug-likeness (QED) is 0.740. The first-order valence-electron chi connectivity index (χ1n) is 9.91. The van der Waals surface area contributed by atoms with E-state index in [0.717, 1.165) is 17.8 Å². The lowest BCUT2D eigenvalue weighted by Crippen LogP contribution is -2.47. The van der Waals surface area contributed by atoms with Crippen LogP contribution in [-0.2, 0) is 4.74 Å². The number of likely N-dealkylation sites (tertiary alicyclic amines) is 1. The van der Waals surface area contributed by atoms with Gasteiger partial charge >= 0.3 is 6.09 Å². The van der Waals surface area contributed by atoms with Gasteiger partial charge in [-0.15, -0.1) is 11.3 Å². The number of nitrogens with one attached hydrogen (secondary N) is 1. The van der Waals surface area contributed by atoms with Crippen LogP contribution in [0.25, 0.3) is 4.96 Å². The number of ether oxygens (including phenoxy) is 1. The van der Waals surface area contributed by atoms with Gasteiger partial charge in [-0.2, -0.15) is 27.0 Å². The maximum absolute atomic E-state index is 12.8. The predicted molar refractivity (Wildman–Crippen MR) is 128 cm³/mol. The number of hydrogen-bond acceptors (Lipinski definition) is 5. The molecule has 0 radical (unpaired) electrons. The van der Waals surface area contributed by atoms with Gasteiger partial charge in [0.25, 0.3) is 5.91 Å². The summed E-state index contributed by atoms with van der Waals surface area (Å²) in [5, 5.41) is 4.95. The summed E-state index contributed by atoms with van der Waals surface area (Å²) in [6.07, 6.45) is 5.39. The first-order valence-corrected chi connectivity index (χ1v) is 10.8. The van der Waals surface area contributed by atoms with Crippen LogP contribution in [0, 0.1) is 17.8 Å². The monoisotopic (exact) mass is 472 g/mol. The number of amides is 2. The molecule has 0 aromatic carbocycles. The molecule has 10 heteroatoms. The molecule has 0 bridgehead atoms. The zero-order valence-electron chi connectivity index (χ0n) is 17.8. The number of imidazole rings is 1. The van der Waals surface area contributed by atoms with Crippen molar-refractivity contribution in [3.63, 3.8) is 0 Å². The minimum Gasteiger partial charge on any atom is -0.444 e. The predicted octanol–water partition coefficient (Wildman–Crippen LogP) is 3.63. The summed E-state index contributed by atoms with van der Waals surface area (Å²) in [4.78, 5) is 32.4. The Morgan fingerprint density at radius 2 is 2.03 bits per heavy atom.